The number of aliphatic hydroxyl groups excluding tert-OH is 1. The molecule has 1 aromatic carbocycles. The first-order valence-electron chi connectivity index (χ1n) is 7.59. The average Bonchev–Trinajstić information content (AvgIpc) is 2.48. The number of aliphatic hydroxyl groups is 1. The van der Waals surface area contributed by atoms with Crippen LogP contribution >= 0.6 is 0 Å². The summed E-state index contributed by atoms with van der Waals surface area (Å²) in [7, 11) is 0. The van der Waals surface area contributed by atoms with Crippen LogP contribution in [0.2, 0.25) is 0 Å². The van der Waals surface area contributed by atoms with E-state index in [9.17, 15) is 5.11 Å². The van der Waals surface area contributed by atoms with Crippen LogP contribution in [-0.2, 0) is 11.2 Å². The van der Waals surface area contributed by atoms with E-state index in [1.807, 2.05) is 12.1 Å². The van der Waals surface area contributed by atoms with Crippen molar-refractivity contribution in [1.29, 1.82) is 0 Å². The second-order valence-electron chi connectivity index (χ2n) is 5.43. The summed E-state index contributed by atoms with van der Waals surface area (Å²) in [4.78, 5) is 1.39. The van der Waals surface area contributed by atoms with Gasteiger partial charge in [-0.15, -0.1) is 0 Å². The van der Waals surface area contributed by atoms with E-state index < -0.39 is 6.10 Å². The second kappa shape index (κ2) is 8.25. The van der Waals surface area contributed by atoms with Crippen LogP contribution in [0.4, 0.5) is 0 Å². The number of hydrogen-bond donors (Lipinski definition) is 2. The Labute approximate surface area is 121 Å². The molecule has 0 spiro atoms. The van der Waals surface area contributed by atoms with Gasteiger partial charge in [0.15, 0.2) is 0 Å². The standard InChI is InChI=1S/C16H25NO3/c1-2-3-14-4-6-16(7-5-14)20-13-15(18)12-17-8-10-19-11-9-17/h4-7,15,18H,2-3,8-13H2,1H3/p+1/t15-/m0/s1. The molecule has 1 fully saturated rings. The largest absolute Gasteiger partial charge is 0.491 e. The molecule has 20 heavy (non-hydrogen) atoms. The van der Waals surface area contributed by atoms with Crippen LogP contribution in [-0.4, -0.2) is 50.7 Å². The summed E-state index contributed by atoms with van der Waals surface area (Å²) in [5.74, 6) is 0.834. The van der Waals surface area contributed by atoms with Gasteiger partial charge in [0.25, 0.3) is 0 Å². The molecule has 0 saturated carbocycles. The van der Waals surface area contributed by atoms with Gasteiger partial charge < -0.3 is 19.5 Å². The number of nitrogens with one attached hydrogen (secondary N) is 1. The third kappa shape index (κ3) is 5.12. The number of benzene rings is 1. The summed E-state index contributed by atoms with van der Waals surface area (Å²) in [6.45, 7) is 6.80. The molecule has 1 atom stereocenters. The smallest absolute Gasteiger partial charge is 0.137 e. The first-order chi connectivity index (χ1) is 9.78. The van der Waals surface area contributed by atoms with Gasteiger partial charge in [-0.2, -0.15) is 0 Å². The number of rotatable bonds is 7. The molecular formula is C16H26NO3+. The maximum atomic E-state index is 10.0. The molecule has 0 radical (unpaired) electrons. The predicted octanol–water partition coefficient (Wildman–Crippen LogP) is 0.294. The minimum Gasteiger partial charge on any atom is -0.491 e. The predicted molar refractivity (Wildman–Crippen MR) is 78.3 cm³/mol. The van der Waals surface area contributed by atoms with Gasteiger partial charge >= 0.3 is 0 Å². The summed E-state index contributed by atoms with van der Waals surface area (Å²) in [6, 6.07) is 8.16. The summed E-state index contributed by atoms with van der Waals surface area (Å²) < 4.78 is 11.0. The Morgan fingerprint density at radius 2 is 1.95 bits per heavy atom. The van der Waals surface area contributed by atoms with Crippen LogP contribution < -0.4 is 9.64 Å². The second-order valence-corrected chi connectivity index (χ2v) is 5.43. The van der Waals surface area contributed by atoms with Gasteiger partial charge in [-0.3, -0.25) is 0 Å². The molecule has 2 rings (SSSR count). The van der Waals surface area contributed by atoms with Crippen molar-refractivity contribution in [1.82, 2.24) is 0 Å². The van der Waals surface area contributed by atoms with Crippen molar-refractivity contribution < 1.29 is 19.5 Å². The third-order valence-electron chi connectivity index (χ3n) is 3.63. The van der Waals surface area contributed by atoms with Crippen molar-refractivity contribution in [2.75, 3.05) is 39.5 Å². The molecule has 1 aromatic rings. The monoisotopic (exact) mass is 280 g/mol. The fourth-order valence-corrected chi connectivity index (χ4v) is 2.49. The maximum Gasteiger partial charge on any atom is 0.137 e. The van der Waals surface area contributed by atoms with Crippen molar-refractivity contribution in [3.63, 3.8) is 0 Å². The molecule has 0 amide bonds. The SMILES string of the molecule is CCCc1ccc(OC[C@@H](O)C[NH+]2CCOCC2)cc1. The number of aryl methyl sites for hydroxylation is 1. The molecule has 1 aliphatic rings. The zero-order valence-corrected chi connectivity index (χ0v) is 12.3. The Kier molecular flexibility index (Phi) is 6.30. The molecule has 0 unspecified atom stereocenters. The fourth-order valence-electron chi connectivity index (χ4n) is 2.49. The number of ether oxygens (including phenoxy) is 2. The quantitative estimate of drug-likeness (QED) is 0.755. The lowest BCUT2D eigenvalue weighted by Crippen LogP contribution is -3.15. The van der Waals surface area contributed by atoms with Crippen LogP contribution in [0.3, 0.4) is 0 Å². The third-order valence-corrected chi connectivity index (χ3v) is 3.63. The van der Waals surface area contributed by atoms with Gasteiger partial charge in [0.1, 0.15) is 38.1 Å². The van der Waals surface area contributed by atoms with Gasteiger partial charge in [-0.05, 0) is 24.1 Å². The first kappa shape index (κ1) is 15.3. The van der Waals surface area contributed by atoms with Crippen LogP contribution in [0.25, 0.3) is 0 Å². The van der Waals surface area contributed by atoms with Crippen molar-refractivity contribution in [3.05, 3.63) is 29.8 Å². The van der Waals surface area contributed by atoms with Gasteiger partial charge in [-0.1, -0.05) is 25.5 Å². The average molecular weight is 280 g/mol. The van der Waals surface area contributed by atoms with Gasteiger partial charge in [-0.25, -0.2) is 0 Å². The number of hydrogen-bond acceptors (Lipinski definition) is 3. The Balaban J connectivity index is 1.70. The van der Waals surface area contributed by atoms with Crippen molar-refractivity contribution in [3.8, 4) is 5.75 Å². The van der Waals surface area contributed by atoms with E-state index >= 15 is 0 Å². The van der Waals surface area contributed by atoms with Crippen molar-refractivity contribution in [2.45, 2.75) is 25.9 Å². The highest BCUT2D eigenvalue weighted by molar-refractivity contribution is 5.27. The van der Waals surface area contributed by atoms with E-state index in [0.717, 1.165) is 51.4 Å². The number of morpholine rings is 1. The van der Waals surface area contributed by atoms with E-state index in [1.165, 1.54) is 10.5 Å². The Bertz CT molecular complexity index is 374. The highest BCUT2D eigenvalue weighted by Gasteiger charge is 2.18. The lowest BCUT2D eigenvalue weighted by atomic mass is 10.1. The summed E-state index contributed by atoms with van der Waals surface area (Å²) >= 11 is 0. The van der Waals surface area contributed by atoms with Gasteiger partial charge in [0, 0.05) is 0 Å². The van der Waals surface area contributed by atoms with E-state index in [1.54, 1.807) is 0 Å². The molecule has 0 aromatic heterocycles. The molecule has 1 heterocycles. The summed E-state index contributed by atoms with van der Waals surface area (Å²) in [5, 5.41) is 10.0. The number of quaternary nitrogens is 1. The van der Waals surface area contributed by atoms with Crippen LogP contribution in [0, 0.1) is 0 Å². The normalized spacial score (nSPS) is 17.9. The van der Waals surface area contributed by atoms with Crippen LogP contribution in [0.1, 0.15) is 18.9 Å². The van der Waals surface area contributed by atoms with Crippen molar-refractivity contribution >= 4 is 0 Å². The van der Waals surface area contributed by atoms with Gasteiger partial charge in [0.05, 0.1) is 13.2 Å². The lowest BCUT2D eigenvalue weighted by molar-refractivity contribution is -0.911. The minimum absolute atomic E-state index is 0.359. The fraction of sp³-hybridized carbons (Fsp3) is 0.625. The summed E-state index contributed by atoms with van der Waals surface area (Å²) in [5.41, 5.74) is 1.33. The molecule has 112 valence electrons. The topological polar surface area (TPSA) is 43.1 Å². The van der Waals surface area contributed by atoms with E-state index in [-0.39, 0.29) is 0 Å². The summed E-state index contributed by atoms with van der Waals surface area (Å²) in [6.07, 6.45) is 1.84. The first-order valence-corrected chi connectivity index (χ1v) is 7.59. The molecule has 4 nitrogen and oxygen atoms in total. The van der Waals surface area contributed by atoms with E-state index in [2.05, 4.69) is 19.1 Å². The zero-order valence-electron chi connectivity index (χ0n) is 12.3. The Morgan fingerprint density at radius 3 is 2.60 bits per heavy atom. The van der Waals surface area contributed by atoms with Crippen LogP contribution in [0.5, 0.6) is 5.75 Å². The molecule has 1 aliphatic heterocycles. The minimum atomic E-state index is -0.418. The molecule has 4 heteroatoms. The highest BCUT2D eigenvalue weighted by atomic mass is 16.5. The Hall–Kier alpha value is -1.10. The van der Waals surface area contributed by atoms with E-state index in [0.29, 0.717) is 6.61 Å². The molecule has 2 N–H and O–H groups in total. The van der Waals surface area contributed by atoms with Gasteiger partial charge in [0.2, 0.25) is 0 Å². The maximum absolute atomic E-state index is 10.0. The molecule has 1 saturated heterocycles. The molecule has 0 aliphatic carbocycles. The highest BCUT2D eigenvalue weighted by Crippen LogP contribution is 2.13. The van der Waals surface area contributed by atoms with Crippen LogP contribution in [0.15, 0.2) is 24.3 Å². The zero-order chi connectivity index (χ0) is 14.2. The lowest BCUT2D eigenvalue weighted by Gasteiger charge is -2.25. The van der Waals surface area contributed by atoms with Crippen molar-refractivity contribution in [2.24, 2.45) is 0 Å². The van der Waals surface area contributed by atoms with E-state index in [4.69, 9.17) is 9.47 Å². The Morgan fingerprint density at radius 1 is 1.25 bits per heavy atom. The molecular weight excluding hydrogens is 254 g/mol. The molecule has 0 bridgehead atoms.